The highest BCUT2D eigenvalue weighted by Crippen LogP contribution is 2.26. The Hall–Kier alpha value is -1.15. The Morgan fingerprint density at radius 3 is 2.21 bits per heavy atom. The molecule has 0 bridgehead atoms. The Morgan fingerprint density at radius 1 is 1.37 bits per heavy atom. The van der Waals surface area contributed by atoms with Crippen molar-refractivity contribution in [3.63, 3.8) is 0 Å². The van der Waals surface area contributed by atoms with Crippen molar-refractivity contribution in [3.05, 3.63) is 0 Å². The van der Waals surface area contributed by atoms with E-state index in [0.29, 0.717) is 19.4 Å². The van der Waals surface area contributed by atoms with Gasteiger partial charge in [-0.2, -0.15) is 0 Å². The highest BCUT2D eigenvalue weighted by Gasteiger charge is 2.32. The van der Waals surface area contributed by atoms with Crippen LogP contribution in [0.2, 0.25) is 0 Å². The summed E-state index contributed by atoms with van der Waals surface area (Å²) >= 11 is 3.26. The summed E-state index contributed by atoms with van der Waals surface area (Å²) in [6.07, 6.45) is 1.23. The van der Waals surface area contributed by atoms with Crippen LogP contribution in [0.15, 0.2) is 0 Å². The van der Waals surface area contributed by atoms with Crippen LogP contribution in [0.3, 0.4) is 0 Å². The third kappa shape index (κ3) is 7.12. The summed E-state index contributed by atoms with van der Waals surface area (Å²) in [5, 5.41) is 7.64. The minimum absolute atomic E-state index is 0.103. The highest BCUT2D eigenvalue weighted by atomic mass is 79.9. The van der Waals surface area contributed by atoms with E-state index in [1.165, 1.54) is 0 Å². The molecule has 0 aromatic heterocycles. The van der Waals surface area contributed by atoms with Gasteiger partial charge in [-0.3, -0.25) is 14.9 Å². The number of nitrogens with two attached hydrogens (primary N) is 1. The van der Waals surface area contributed by atoms with E-state index in [1.807, 2.05) is 19.2 Å². The molecule has 0 aromatic rings. The molecule has 1 fully saturated rings. The Morgan fingerprint density at radius 2 is 1.95 bits per heavy atom. The monoisotopic (exact) mass is 336 g/mol. The maximum absolute atomic E-state index is 11.3. The lowest BCUT2D eigenvalue weighted by atomic mass is 10.0. The molecule has 1 heterocycles. The standard InChI is InChI=1S/C7H13BrN2O2.C4H8N2O/c1-3-7(8,4-2)5(11)10-6(9)12;7-4-3-5-1-2-6-4/h3-4H2,1-2H3,(H3,9,10,11,12);5H,1-3H2,(H,6,7). The first-order valence-electron chi connectivity index (χ1n) is 6.13. The zero-order valence-electron chi connectivity index (χ0n) is 11.2. The van der Waals surface area contributed by atoms with E-state index < -0.39 is 10.4 Å². The Balaban J connectivity index is 0.000000388. The zero-order chi connectivity index (χ0) is 14.9. The lowest BCUT2D eigenvalue weighted by molar-refractivity contribution is -0.122. The largest absolute Gasteiger partial charge is 0.354 e. The van der Waals surface area contributed by atoms with Crippen LogP contribution in [0.5, 0.6) is 0 Å². The van der Waals surface area contributed by atoms with Crippen molar-refractivity contribution in [3.8, 4) is 0 Å². The topological polar surface area (TPSA) is 113 Å². The molecule has 7 nitrogen and oxygen atoms in total. The van der Waals surface area contributed by atoms with Crippen LogP contribution in [-0.2, 0) is 9.59 Å². The van der Waals surface area contributed by atoms with E-state index in [2.05, 4.69) is 26.6 Å². The molecule has 0 unspecified atom stereocenters. The lowest BCUT2D eigenvalue weighted by Crippen LogP contribution is -2.46. The second-order valence-electron chi connectivity index (χ2n) is 4.02. The number of primary amides is 1. The second-order valence-corrected chi connectivity index (χ2v) is 5.54. The first-order valence-corrected chi connectivity index (χ1v) is 6.92. The van der Waals surface area contributed by atoms with Crippen molar-refractivity contribution in [2.75, 3.05) is 19.6 Å². The fourth-order valence-electron chi connectivity index (χ4n) is 1.35. The molecule has 19 heavy (non-hydrogen) atoms. The van der Waals surface area contributed by atoms with Gasteiger partial charge in [-0.25, -0.2) is 4.79 Å². The van der Waals surface area contributed by atoms with Crippen molar-refractivity contribution in [1.82, 2.24) is 16.0 Å². The van der Waals surface area contributed by atoms with Gasteiger partial charge in [0.15, 0.2) is 0 Å². The van der Waals surface area contributed by atoms with E-state index in [9.17, 15) is 14.4 Å². The first-order chi connectivity index (χ1) is 8.85. The first kappa shape index (κ1) is 17.8. The van der Waals surface area contributed by atoms with Gasteiger partial charge in [0, 0.05) is 13.1 Å². The minimum atomic E-state index is -0.814. The maximum atomic E-state index is 11.3. The number of carbonyl (C=O) groups is 3. The molecule has 8 heteroatoms. The average Bonchev–Trinajstić information content (AvgIpc) is 2.38. The summed E-state index contributed by atoms with van der Waals surface area (Å²) in [5.41, 5.74) is 4.81. The Bertz CT molecular complexity index is 324. The molecule has 0 atom stereocenters. The molecule has 0 spiro atoms. The van der Waals surface area contributed by atoms with Crippen LogP contribution in [0.1, 0.15) is 26.7 Å². The van der Waals surface area contributed by atoms with Gasteiger partial charge in [-0.05, 0) is 12.8 Å². The average molecular weight is 337 g/mol. The van der Waals surface area contributed by atoms with Crippen molar-refractivity contribution >= 4 is 33.8 Å². The van der Waals surface area contributed by atoms with Crippen LogP contribution in [0.4, 0.5) is 4.79 Å². The van der Waals surface area contributed by atoms with Crippen molar-refractivity contribution in [1.29, 1.82) is 0 Å². The smallest absolute Gasteiger partial charge is 0.318 e. The SMILES string of the molecule is CCC(Br)(CC)C(=O)NC(N)=O.O=C1CNCCN1. The Kier molecular flexibility index (Phi) is 8.33. The number of imide groups is 1. The van der Waals surface area contributed by atoms with E-state index >= 15 is 0 Å². The van der Waals surface area contributed by atoms with Crippen LogP contribution in [0.25, 0.3) is 0 Å². The number of hydrogen-bond donors (Lipinski definition) is 4. The normalized spacial score (nSPS) is 14.8. The van der Waals surface area contributed by atoms with Crippen LogP contribution in [-0.4, -0.2) is 41.8 Å². The van der Waals surface area contributed by atoms with E-state index in [0.717, 1.165) is 13.1 Å². The molecule has 110 valence electrons. The van der Waals surface area contributed by atoms with Gasteiger partial charge in [0.2, 0.25) is 11.8 Å². The molecule has 1 aliphatic rings. The van der Waals surface area contributed by atoms with E-state index in [1.54, 1.807) is 0 Å². The number of urea groups is 1. The van der Waals surface area contributed by atoms with Gasteiger partial charge >= 0.3 is 6.03 Å². The number of amides is 4. The number of piperazine rings is 1. The molecule has 0 radical (unpaired) electrons. The quantitative estimate of drug-likeness (QED) is 0.536. The third-order valence-corrected chi connectivity index (χ3v) is 4.16. The molecule has 0 aliphatic carbocycles. The van der Waals surface area contributed by atoms with Gasteiger partial charge < -0.3 is 16.4 Å². The minimum Gasteiger partial charge on any atom is -0.354 e. The van der Waals surface area contributed by atoms with Gasteiger partial charge in [0.1, 0.15) is 4.32 Å². The summed E-state index contributed by atoms with van der Waals surface area (Å²) in [5.74, 6) is -0.272. The number of carbonyl (C=O) groups excluding carboxylic acids is 3. The molecule has 1 aliphatic heterocycles. The van der Waals surface area contributed by atoms with Crippen molar-refractivity contribution in [2.45, 2.75) is 31.0 Å². The summed E-state index contributed by atoms with van der Waals surface area (Å²) in [4.78, 5) is 31.9. The van der Waals surface area contributed by atoms with Crippen LogP contribution >= 0.6 is 15.9 Å². The van der Waals surface area contributed by atoms with Gasteiger partial charge in [0.25, 0.3) is 0 Å². The number of alkyl halides is 1. The second kappa shape index (κ2) is 8.87. The molecule has 0 saturated carbocycles. The summed E-state index contributed by atoms with van der Waals surface area (Å²) < 4.78 is -0.665. The molecular weight excluding hydrogens is 316 g/mol. The van der Waals surface area contributed by atoms with Gasteiger partial charge in [0.05, 0.1) is 6.54 Å². The van der Waals surface area contributed by atoms with E-state index in [4.69, 9.17) is 5.73 Å². The summed E-state index contributed by atoms with van der Waals surface area (Å²) in [7, 11) is 0. The fourth-order valence-corrected chi connectivity index (χ4v) is 1.45. The number of hydrogen-bond acceptors (Lipinski definition) is 4. The molecule has 4 amide bonds. The van der Waals surface area contributed by atoms with Crippen LogP contribution in [0, 0.1) is 0 Å². The molecule has 1 saturated heterocycles. The predicted octanol–water partition coefficient (Wildman–Crippen LogP) is -0.159. The van der Waals surface area contributed by atoms with Gasteiger partial charge in [-0.15, -0.1) is 0 Å². The summed E-state index contributed by atoms with van der Waals surface area (Å²) in [6, 6.07) is -0.814. The van der Waals surface area contributed by atoms with Crippen molar-refractivity contribution < 1.29 is 14.4 Å². The zero-order valence-corrected chi connectivity index (χ0v) is 12.8. The van der Waals surface area contributed by atoms with Crippen LogP contribution < -0.4 is 21.7 Å². The predicted molar refractivity (Wildman–Crippen MR) is 75.8 cm³/mol. The summed E-state index contributed by atoms with van der Waals surface area (Å²) in [6.45, 7) is 5.89. The van der Waals surface area contributed by atoms with Crippen molar-refractivity contribution in [2.24, 2.45) is 5.73 Å². The number of halogens is 1. The van der Waals surface area contributed by atoms with E-state index in [-0.39, 0.29) is 11.8 Å². The maximum Gasteiger partial charge on any atom is 0.318 e. The third-order valence-electron chi connectivity index (χ3n) is 2.67. The molecule has 1 rings (SSSR count). The Labute approximate surface area is 121 Å². The molecular formula is C11H21BrN4O3. The number of nitrogens with one attached hydrogen (secondary N) is 3. The fraction of sp³-hybridized carbons (Fsp3) is 0.727. The lowest BCUT2D eigenvalue weighted by Gasteiger charge is -2.21. The highest BCUT2D eigenvalue weighted by molar-refractivity contribution is 9.10. The van der Waals surface area contributed by atoms with Gasteiger partial charge in [-0.1, -0.05) is 29.8 Å². The number of rotatable bonds is 3. The molecule has 0 aromatic carbocycles. The molecule has 5 N–H and O–H groups in total.